The molecule has 0 aliphatic heterocycles. The largest absolute Gasteiger partial charge is 0.309 e. The average molecular weight is 638 g/mol. The second-order valence-corrected chi connectivity index (χ2v) is 14.1. The number of anilines is 3. The summed E-state index contributed by atoms with van der Waals surface area (Å²) in [4.78, 5) is 2.56. The molecule has 0 bridgehead atoms. The van der Waals surface area contributed by atoms with E-state index in [0.717, 1.165) is 5.69 Å². The molecule has 236 valence electrons. The van der Waals surface area contributed by atoms with Gasteiger partial charge in [0.05, 0.1) is 17.1 Å². The van der Waals surface area contributed by atoms with Crippen LogP contribution in [0.5, 0.6) is 0 Å². The van der Waals surface area contributed by atoms with Gasteiger partial charge in [0.2, 0.25) is 0 Å². The zero-order chi connectivity index (χ0) is 33.4. The van der Waals surface area contributed by atoms with E-state index in [9.17, 15) is 0 Å². The zero-order valence-corrected chi connectivity index (χ0v) is 28.2. The summed E-state index contributed by atoms with van der Waals surface area (Å²) in [5, 5.41) is 10.1. The van der Waals surface area contributed by atoms with E-state index in [-0.39, 0.29) is 5.41 Å². The molecular formula is C49H35N. The maximum Gasteiger partial charge on any atom is 0.0546 e. The Morgan fingerprint density at radius 1 is 0.360 bits per heavy atom. The molecule has 0 unspecified atom stereocenters. The van der Waals surface area contributed by atoms with Gasteiger partial charge < -0.3 is 4.90 Å². The summed E-state index contributed by atoms with van der Waals surface area (Å²) in [6, 6.07) is 65.0. The first-order chi connectivity index (χ1) is 24.6. The smallest absolute Gasteiger partial charge is 0.0546 e. The van der Waals surface area contributed by atoms with Crippen LogP contribution in [0, 0.1) is 0 Å². The summed E-state index contributed by atoms with van der Waals surface area (Å²) >= 11 is 0. The highest BCUT2D eigenvalue weighted by atomic mass is 15.1. The first-order valence-corrected chi connectivity index (χ1v) is 17.5. The fourth-order valence-electron chi connectivity index (χ4n) is 8.71. The van der Waals surface area contributed by atoms with Crippen LogP contribution < -0.4 is 4.90 Å². The molecule has 1 heteroatoms. The van der Waals surface area contributed by atoms with Gasteiger partial charge in [-0.2, -0.15) is 0 Å². The van der Waals surface area contributed by atoms with Gasteiger partial charge in [0.15, 0.2) is 0 Å². The molecule has 1 aliphatic carbocycles. The van der Waals surface area contributed by atoms with Crippen LogP contribution in [0.15, 0.2) is 176 Å². The fourth-order valence-corrected chi connectivity index (χ4v) is 8.71. The molecule has 0 heterocycles. The number of para-hydroxylation sites is 1. The van der Waals surface area contributed by atoms with Crippen LogP contribution in [-0.2, 0) is 5.41 Å². The van der Waals surface area contributed by atoms with Crippen molar-refractivity contribution in [1.82, 2.24) is 0 Å². The van der Waals surface area contributed by atoms with Crippen LogP contribution in [-0.4, -0.2) is 0 Å². The normalized spacial score (nSPS) is 13.2. The summed E-state index contributed by atoms with van der Waals surface area (Å²) < 4.78 is 0. The Kier molecular flexibility index (Phi) is 6.29. The van der Waals surface area contributed by atoms with Crippen molar-refractivity contribution in [2.45, 2.75) is 19.3 Å². The van der Waals surface area contributed by atoms with Crippen molar-refractivity contribution >= 4 is 60.2 Å². The molecule has 10 rings (SSSR count). The average Bonchev–Trinajstić information content (AvgIpc) is 3.41. The monoisotopic (exact) mass is 637 g/mol. The number of fused-ring (bicyclic) bond motifs is 9. The van der Waals surface area contributed by atoms with E-state index < -0.39 is 0 Å². The van der Waals surface area contributed by atoms with Crippen LogP contribution in [0.25, 0.3) is 65.3 Å². The number of rotatable bonds is 4. The lowest BCUT2D eigenvalue weighted by Crippen LogP contribution is -2.16. The zero-order valence-electron chi connectivity index (χ0n) is 28.2. The maximum atomic E-state index is 2.56. The first-order valence-electron chi connectivity index (χ1n) is 17.5. The minimum absolute atomic E-state index is 0.118. The standard InChI is InChI=1S/C49H35N/c1-49(2)42-25-11-9-23-41(42)48-43(49)26-14-28-45(48)50(44-27-12-10-20-38(44)37-24-13-17-32-15-3-5-18-35(32)37)46-31-34-30-29-33-16-4-6-19-36(33)47(34)40-22-8-7-21-39(40)46/h3-31H,1-2H3. The minimum atomic E-state index is -0.118. The molecule has 0 saturated heterocycles. The molecule has 1 nitrogen and oxygen atoms in total. The SMILES string of the molecule is CC1(C)c2ccccc2-c2c(N(c3ccccc3-c3cccc4ccccc34)c3cc4ccc5ccccc5c4c4ccccc34)cccc21. The summed E-state index contributed by atoms with van der Waals surface area (Å²) in [5.74, 6) is 0. The molecule has 0 N–H and O–H groups in total. The van der Waals surface area contributed by atoms with Crippen LogP contribution in [0.4, 0.5) is 17.1 Å². The van der Waals surface area contributed by atoms with E-state index in [1.54, 1.807) is 0 Å². The predicted octanol–water partition coefficient (Wildman–Crippen LogP) is 13.7. The molecule has 0 fully saturated rings. The lowest BCUT2D eigenvalue weighted by atomic mass is 9.82. The Bertz CT molecular complexity index is 2800. The Morgan fingerprint density at radius 2 is 0.900 bits per heavy atom. The maximum absolute atomic E-state index is 2.56. The van der Waals surface area contributed by atoms with E-state index in [4.69, 9.17) is 0 Å². The molecule has 0 saturated carbocycles. The van der Waals surface area contributed by atoms with Crippen LogP contribution in [0.2, 0.25) is 0 Å². The van der Waals surface area contributed by atoms with Gasteiger partial charge in [-0.3, -0.25) is 0 Å². The second kappa shape index (κ2) is 10.9. The fraction of sp³-hybridized carbons (Fsp3) is 0.0612. The van der Waals surface area contributed by atoms with Crippen molar-refractivity contribution in [2.24, 2.45) is 0 Å². The van der Waals surface area contributed by atoms with Crippen molar-refractivity contribution in [1.29, 1.82) is 0 Å². The van der Waals surface area contributed by atoms with Gasteiger partial charge >= 0.3 is 0 Å². The highest BCUT2D eigenvalue weighted by molar-refractivity contribution is 6.24. The van der Waals surface area contributed by atoms with Crippen LogP contribution >= 0.6 is 0 Å². The van der Waals surface area contributed by atoms with Gasteiger partial charge in [-0.1, -0.05) is 172 Å². The van der Waals surface area contributed by atoms with E-state index in [0.29, 0.717) is 0 Å². The quantitative estimate of drug-likeness (QED) is 0.174. The minimum Gasteiger partial charge on any atom is -0.309 e. The van der Waals surface area contributed by atoms with Crippen molar-refractivity contribution in [3.8, 4) is 22.3 Å². The Morgan fingerprint density at radius 3 is 1.74 bits per heavy atom. The predicted molar refractivity (Wildman–Crippen MR) is 214 cm³/mol. The molecule has 0 spiro atoms. The molecule has 1 aliphatic rings. The van der Waals surface area contributed by atoms with Crippen molar-refractivity contribution in [3.05, 3.63) is 187 Å². The molecule has 0 aromatic heterocycles. The number of hydrogen-bond donors (Lipinski definition) is 0. The van der Waals surface area contributed by atoms with E-state index in [1.807, 2.05) is 0 Å². The summed E-state index contributed by atoms with van der Waals surface area (Å²) in [7, 11) is 0. The molecular weight excluding hydrogens is 603 g/mol. The van der Waals surface area contributed by atoms with Gasteiger partial charge in [-0.15, -0.1) is 0 Å². The Labute approximate surface area is 292 Å². The molecule has 50 heavy (non-hydrogen) atoms. The van der Waals surface area contributed by atoms with Crippen molar-refractivity contribution in [3.63, 3.8) is 0 Å². The van der Waals surface area contributed by atoms with Gasteiger partial charge in [-0.05, 0) is 78.2 Å². The molecule has 0 amide bonds. The van der Waals surface area contributed by atoms with E-state index in [1.165, 1.54) is 87.8 Å². The lowest BCUT2D eigenvalue weighted by molar-refractivity contribution is 0.660. The number of nitrogens with zero attached hydrogens (tertiary/aromatic N) is 1. The Hall–Kier alpha value is -6.18. The summed E-state index contributed by atoms with van der Waals surface area (Å²) in [6.07, 6.45) is 0. The van der Waals surface area contributed by atoms with Gasteiger partial charge in [0.1, 0.15) is 0 Å². The number of benzene rings is 9. The second-order valence-electron chi connectivity index (χ2n) is 14.1. The van der Waals surface area contributed by atoms with E-state index >= 15 is 0 Å². The summed E-state index contributed by atoms with van der Waals surface area (Å²) in [6.45, 7) is 4.73. The highest BCUT2D eigenvalue weighted by Crippen LogP contribution is 2.56. The van der Waals surface area contributed by atoms with Gasteiger partial charge in [0, 0.05) is 21.9 Å². The van der Waals surface area contributed by atoms with Gasteiger partial charge in [-0.25, -0.2) is 0 Å². The molecule has 9 aromatic carbocycles. The third kappa shape index (κ3) is 4.13. The van der Waals surface area contributed by atoms with Crippen molar-refractivity contribution in [2.75, 3.05) is 4.90 Å². The van der Waals surface area contributed by atoms with E-state index in [2.05, 4.69) is 195 Å². The lowest BCUT2D eigenvalue weighted by Gasteiger charge is -2.32. The van der Waals surface area contributed by atoms with Crippen LogP contribution in [0.3, 0.4) is 0 Å². The van der Waals surface area contributed by atoms with Crippen LogP contribution in [0.1, 0.15) is 25.0 Å². The number of hydrogen-bond acceptors (Lipinski definition) is 1. The van der Waals surface area contributed by atoms with Gasteiger partial charge in [0.25, 0.3) is 0 Å². The third-order valence-electron chi connectivity index (χ3n) is 11.0. The first kappa shape index (κ1) is 28.8. The molecule has 0 radical (unpaired) electrons. The van der Waals surface area contributed by atoms with Crippen molar-refractivity contribution < 1.29 is 0 Å². The third-order valence-corrected chi connectivity index (χ3v) is 11.0. The Balaban J connectivity index is 1.36. The topological polar surface area (TPSA) is 3.24 Å². The summed E-state index contributed by atoms with van der Waals surface area (Å²) in [5.41, 5.74) is 11.2. The molecule has 9 aromatic rings. The molecule has 0 atom stereocenters. The highest BCUT2D eigenvalue weighted by Gasteiger charge is 2.38.